The van der Waals surface area contributed by atoms with Crippen LogP contribution in [0.3, 0.4) is 0 Å². The van der Waals surface area contributed by atoms with Crippen LogP contribution in [0.25, 0.3) is 10.6 Å². The Morgan fingerprint density at radius 1 is 1.29 bits per heavy atom. The molecule has 28 heavy (non-hydrogen) atoms. The highest BCUT2D eigenvalue weighted by molar-refractivity contribution is 7.12. The summed E-state index contributed by atoms with van der Waals surface area (Å²) >= 11 is 1.52. The average Bonchev–Trinajstić information content (AvgIpc) is 3.04. The lowest BCUT2D eigenvalue weighted by Gasteiger charge is -2.23. The molecule has 0 bridgehead atoms. The third-order valence-electron chi connectivity index (χ3n) is 4.91. The summed E-state index contributed by atoms with van der Waals surface area (Å²) in [5.74, 6) is -0.217. The van der Waals surface area contributed by atoms with E-state index in [-0.39, 0.29) is 24.7 Å². The number of carbonyl (C=O) groups excluding carboxylic acids is 1. The van der Waals surface area contributed by atoms with E-state index < -0.39 is 5.54 Å². The van der Waals surface area contributed by atoms with Gasteiger partial charge in [-0.3, -0.25) is 9.79 Å². The minimum Gasteiger partial charge on any atom is -0.394 e. The fraction of sp³-hybridized carbons (Fsp3) is 0.550. The van der Waals surface area contributed by atoms with Gasteiger partial charge in [-0.05, 0) is 51.7 Å². The van der Waals surface area contributed by atoms with E-state index in [9.17, 15) is 15.0 Å². The average molecular weight is 405 g/mol. The van der Waals surface area contributed by atoms with Crippen LogP contribution in [0.15, 0.2) is 29.3 Å². The highest BCUT2D eigenvalue weighted by atomic mass is 32.1. The van der Waals surface area contributed by atoms with Gasteiger partial charge < -0.3 is 15.5 Å². The zero-order valence-electron chi connectivity index (χ0n) is 16.6. The summed E-state index contributed by atoms with van der Waals surface area (Å²) in [5.41, 5.74) is 0.806. The Balaban J connectivity index is 1.75. The van der Waals surface area contributed by atoms with Crippen LogP contribution >= 0.6 is 11.3 Å². The van der Waals surface area contributed by atoms with Gasteiger partial charge >= 0.3 is 0 Å². The smallest absolute Gasteiger partial charge is 0.251 e. The number of aryl methyl sites for hydroxylation is 1. The van der Waals surface area contributed by atoms with Gasteiger partial charge in [0, 0.05) is 18.2 Å². The van der Waals surface area contributed by atoms with Crippen LogP contribution in [0, 0.1) is 0 Å². The zero-order chi connectivity index (χ0) is 20.3. The van der Waals surface area contributed by atoms with Crippen molar-refractivity contribution in [1.82, 2.24) is 15.1 Å². The number of benzene rings is 1. The first-order chi connectivity index (χ1) is 13.3. The number of amides is 1. The summed E-state index contributed by atoms with van der Waals surface area (Å²) < 4.78 is 1.79. The highest BCUT2D eigenvalue weighted by Crippen LogP contribution is 2.22. The lowest BCUT2D eigenvalue weighted by atomic mass is 9.94. The van der Waals surface area contributed by atoms with E-state index in [1.54, 1.807) is 30.7 Å². The Labute approximate surface area is 168 Å². The van der Waals surface area contributed by atoms with Crippen LogP contribution < -0.4 is 10.1 Å². The van der Waals surface area contributed by atoms with Crippen LogP contribution in [0.2, 0.25) is 0 Å². The fourth-order valence-corrected chi connectivity index (χ4v) is 4.07. The number of aromatic nitrogens is 2. The largest absolute Gasteiger partial charge is 0.394 e. The van der Waals surface area contributed by atoms with Crippen molar-refractivity contribution >= 4 is 17.2 Å². The molecule has 1 aliphatic rings. The molecular formula is C20H28N4O3S. The van der Waals surface area contributed by atoms with Crippen molar-refractivity contribution in [3.8, 4) is 10.6 Å². The predicted octanol–water partition coefficient (Wildman–Crippen LogP) is 1.85. The van der Waals surface area contributed by atoms with E-state index in [0.29, 0.717) is 5.56 Å². The first-order valence-corrected chi connectivity index (χ1v) is 10.4. The maximum Gasteiger partial charge on any atom is 0.251 e. The topological polar surface area (TPSA) is 99.7 Å². The molecule has 1 heterocycles. The van der Waals surface area contributed by atoms with Gasteiger partial charge in [-0.2, -0.15) is 5.10 Å². The molecule has 8 heteroatoms. The second-order valence-electron chi connectivity index (χ2n) is 7.98. The Hall–Kier alpha value is -2.03. The Kier molecular flexibility index (Phi) is 6.32. The molecule has 3 rings (SSSR count). The van der Waals surface area contributed by atoms with E-state index in [4.69, 9.17) is 4.99 Å². The van der Waals surface area contributed by atoms with Gasteiger partial charge in [0.05, 0.1) is 24.3 Å². The number of nitrogens with one attached hydrogen (secondary N) is 1. The number of rotatable bonds is 5. The molecule has 1 aliphatic carbocycles. The maximum atomic E-state index is 12.3. The van der Waals surface area contributed by atoms with Crippen molar-refractivity contribution < 1.29 is 15.0 Å². The first-order valence-electron chi connectivity index (χ1n) is 9.57. The summed E-state index contributed by atoms with van der Waals surface area (Å²) in [7, 11) is 1.88. The summed E-state index contributed by atoms with van der Waals surface area (Å²) in [4.78, 5) is 18.0. The second kappa shape index (κ2) is 8.55. The van der Waals surface area contributed by atoms with Crippen molar-refractivity contribution in [3.05, 3.63) is 34.6 Å². The molecule has 1 aromatic heterocycles. The van der Waals surface area contributed by atoms with Gasteiger partial charge in [-0.15, -0.1) is 0 Å². The Morgan fingerprint density at radius 3 is 2.54 bits per heavy atom. The number of aliphatic hydroxyl groups is 2. The van der Waals surface area contributed by atoms with Gasteiger partial charge in [0.1, 0.15) is 5.01 Å². The molecule has 1 amide bonds. The molecule has 0 saturated heterocycles. The number of nitrogens with zero attached hydrogens (tertiary/aromatic N) is 3. The van der Waals surface area contributed by atoms with Crippen molar-refractivity contribution in [2.24, 2.45) is 12.0 Å². The molecule has 1 saturated carbocycles. The second-order valence-corrected chi connectivity index (χ2v) is 8.93. The number of hydrogen-bond donors (Lipinski definition) is 3. The molecule has 3 N–H and O–H groups in total. The summed E-state index contributed by atoms with van der Waals surface area (Å²) in [6, 6.07) is 7.52. The van der Waals surface area contributed by atoms with Crippen molar-refractivity contribution in [2.75, 3.05) is 6.61 Å². The molecular weight excluding hydrogens is 376 g/mol. The van der Waals surface area contributed by atoms with E-state index in [2.05, 4.69) is 10.4 Å². The normalized spacial score (nSPS) is 21.0. The van der Waals surface area contributed by atoms with Crippen molar-refractivity contribution in [2.45, 2.75) is 57.2 Å². The monoisotopic (exact) mass is 404 g/mol. The van der Waals surface area contributed by atoms with Crippen molar-refractivity contribution in [1.29, 1.82) is 0 Å². The number of aliphatic hydroxyl groups excluding tert-OH is 2. The van der Waals surface area contributed by atoms with Gasteiger partial charge in [-0.1, -0.05) is 23.5 Å². The van der Waals surface area contributed by atoms with Crippen molar-refractivity contribution in [3.63, 3.8) is 0 Å². The quantitative estimate of drug-likeness (QED) is 0.708. The van der Waals surface area contributed by atoms with E-state index in [0.717, 1.165) is 41.1 Å². The Morgan fingerprint density at radius 2 is 1.93 bits per heavy atom. The molecule has 1 fully saturated rings. The molecule has 7 nitrogen and oxygen atoms in total. The van der Waals surface area contributed by atoms with Crippen LogP contribution in [-0.2, 0) is 7.05 Å². The minimum absolute atomic E-state index is 0.126. The summed E-state index contributed by atoms with van der Waals surface area (Å²) in [5, 5.41) is 27.2. The van der Waals surface area contributed by atoms with Gasteiger partial charge in [0.15, 0.2) is 0 Å². The molecule has 0 unspecified atom stereocenters. The minimum atomic E-state index is -0.662. The number of hydrogen-bond acceptors (Lipinski definition) is 6. The van der Waals surface area contributed by atoms with Gasteiger partial charge in [-0.25, -0.2) is 4.68 Å². The van der Waals surface area contributed by atoms with E-state index in [1.165, 1.54) is 11.3 Å². The van der Waals surface area contributed by atoms with Crippen LogP contribution in [-0.4, -0.2) is 50.2 Å². The van der Waals surface area contributed by atoms with Gasteiger partial charge in [0.25, 0.3) is 5.91 Å². The molecule has 152 valence electrons. The molecule has 0 radical (unpaired) electrons. The van der Waals surface area contributed by atoms with Crippen LogP contribution in [0.5, 0.6) is 0 Å². The SMILES string of the molecule is Cn1nc(-c2ccc(C(=O)NC(C)(C)CO)cc2)sc1=NC1CCC(O)CC1. The fourth-order valence-electron chi connectivity index (χ4n) is 3.11. The first kappa shape index (κ1) is 20.7. The van der Waals surface area contributed by atoms with Crippen LogP contribution in [0.1, 0.15) is 49.9 Å². The Bertz CT molecular complexity index is 878. The van der Waals surface area contributed by atoms with E-state index in [1.807, 2.05) is 19.2 Å². The molecule has 1 aromatic carbocycles. The summed E-state index contributed by atoms with van der Waals surface area (Å²) in [6.45, 7) is 3.42. The highest BCUT2D eigenvalue weighted by Gasteiger charge is 2.21. The number of carbonyl (C=O) groups is 1. The molecule has 0 atom stereocenters. The molecule has 0 aliphatic heterocycles. The van der Waals surface area contributed by atoms with E-state index >= 15 is 0 Å². The van der Waals surface area contributed by atoms with Gasteiger partial charge in [0.2, 0.25) is 4.80 Å². The predicted molar refractivity (Wildman–Crippen MR) is 109 cm³/mol. The lowest BCUT2D eigenvalue weighted by Crippen LogP contribution is -2.46. The van der Waals surface area contributed by atoms with Crippen LogP contribution in [0.4, 0.5) is 0 Å². The maximum absolute atomic E-state index is 12.3. The zero-order valence-corrected chi connectivity index (χ0v) is 17.4. The lowest BCUT2D eigenvalue weighted by molar-refractivity contribution is 0.0869. The molecule has 2 aromatic rings. The molecule has 0 spiro atoms. The third kappa shape index (κ3) is 5.06. The third-order valence-corrected chi connectivity index (χ3v) is 5.97. The summed E-state index contributed by atoms with van der Waals surface area (Å²) in [6.07, 6.45) is 3.24. The standard InChI is InChI=1S/C20H28N4O3S/c1-20(2,12-25)22-17(27)13-4-6-14(7-5-13)18-23-24(3)19(28-18)21-15-8-10-16(26)11-9-15/h4-7,15-16,25-26H,8-12H2,1-3H3,(H,22,27).